The van der Waals surface area contributed by atoms with Gasteiger partial charge >= 0.3 is 0 Å². The lowest BCUT2D eigenvalue weighted by molar-refractivity contribution is 1.47. The summed E-state index contributed by atoms with van der Waals surface area (Å²) >= 11 is 0. The van der Waals surface area contributed by atoms with Crippen molar-refractivity contribution >= 4 is 69.2 Å². The Labute approximate surface area is 315 Å². The molecule has 0 heterocycles. The molecule has 0 fully saturated rings. The van der Waals surface area contributed by atoms with E-state index in [1.807, 2.05) is 0 Å². The second-order valence-corrected chi connectivity index (χ2v) is 17.8. The number of rotatable bonds is 8. The first kappa shape index (κ1) is 33.2. The topological polar surface area (TPSA) is 0 Å². The summed E-state index contributed by atoms with van der Waals surface area (Å²) in [6, 6.07) is 79.2. The molecule has 0 aromatic heterocycles. The predicted octanol–water partition coefficient (Wildman–Crippen LogP) is 11.2. The van der Waals surface area contributed by atoms with Crippen LogP contribution in [-0.2, 0) is 0 Å². The number of benzene rings is 9. The SMILES string of the molecule is Cc1ccc(-c2ccc3c(-c4c(P(c5ccccc5)c5ccccc5)ccc5ccccc45)c(P(c4ccccc4)c4ccccc4)ccc3c2)cc1. The molecule has 0 aliphatic heterocycles. The molecule has 2 heteroatoms. The van der Waals surface area contributed by atoms with Crippen molar-refractivity contribution in [1.82, 2.24) is 0 Å². The van der Waals surface area contributed by atoms with E-state index in [0.29, 0.717) is 0 Å². The van der Waals surface area contributed by atoms with Crippen molar-refractivity contribution in [2.75, 3.05) is 0 Å². The monoisotopic (exact) mass is 712 g/mol. The Balaban J connectivity index is 1.42. The molecule has 0 amide bonds. The Morgan fingerprint density at radius 2 is 0.698 bits per heavy atom. The molecule has 252 valence electrons. The van der Waals surface area contributed by atoms with Gasteiger partial charge in [0.1, 0.15) is 0 Å². The molecule has 53 heavy (non-hydrogen) atoms. The summed E-state index contributed by atoms with van der Waals surface area (Å²) in [5.41, 5.74) is 6.42. The second-order valence-electron chi connectivity index (χ2n) is 13.5. The number of hydrogen-bond acceptors (Lipinski definition) is 0. The van der Waals surface area contributed by atoms with Crippen molar-refractivity contribution in [3.63, 3.8) is 0 Å². The van der Waals surface area contributed by atoms with Gasteiger partial charge in [-0.2, -0.15) is 0 Å². The first-order chi connectivity index (χ1) is 26.2. The molecule has 0 aliphatic carbocycles. The second kappa shape index (κ2) is 14.8. The lowest BCUT2D eigenvalue weighted by atomic mass is 9.92. The number of hydrogen-bond donors (Lipinski definition) is 0. The molecule has 0 saturated carbocycles. The minimum atomic E-state index is -0.907. The van der Waals surface area contributed by atoms with E-state index in [2.05, 4.69) is 219 Å². The van der Waals surface area contributed by atoms with Crippen molar-refractivity contribution < 1.29 is 0 Å². The third-order valence-electron chi connectivity index (χ3n) is 10.1. The lowest BCUT2D eigenvalue weighted by Gasteiger charge is -2.28. The highest BCUT2D eigenvalue weighted by Gasteiger charge is 2.28. The third-order valence-corrected chi connectivity index (χ3v) is 15.0. The van der Waals surface area contributed by atoms with Gasteiger partial charge in [-0.05, 0) is 104 Å². The van der Waals surface area contributed by atoms with Crippen LogP contribution in [0.1, 0.15) is 5.56 Å². The Morgan fingerprint density at radius 1 is 0.302 bits per heavy atom. The quantitative estimate of drug-likeness (QED) is 0.138. The van der Waals surface area contributed by atoms with E-state index in [1.54, 1.807) is 0 Å². The first-order valence-electron chi connectivity index (χ1n) is 18.2. The highest BCUT2D eigenvalue weighted by Crippen LogP contribution is 2.46. The van der Waals surface area contributed by atoms with Gasteiger partial charge in [0.15, 0.2) is 0 Å². The van der Waals surface area contributed by atoms with Crippen LogP contribution >= 0.6 is 15.8 Å². The van der Waals surface area contributed by atoms with E-state index >= 15 is 0 Å². The average molecular weight is 713 g/mol. The van der Waals surface area contributed by atoms with Gasteiger partial charge in [-0.3, -0.25) is 0 Å². The van der Waals surface area contributed by atoms with Crippen molar-refractivity contribution in [2.45, 2.75) is 6.92 Å². The summed E-state index contributed by atoms with van der Waals surface area (Å²) in [5, 5.41) is 13.2. The molecule has 0 aliphatic rings. The van der Waals surface area contributed by atoms with Crippen molar-refractivity contribution in [1.29, 1.82) is 0 Å². The molecule has 0 bridgehead atoms. The summed E-state index contributed by atoms with van der Waals surface area (Å²) in [6.45, 7) is 2.15. The van der Waals surface area contributed by atoms with Crippen LogP contribution in [0.5, 0.6) is 0 Å². The summed E-state index contributed by atoms with van der Waals surface area (Å²) in [5.74, 6) is 0. The Hall–Kier alpha value is -5.64. The zero-order valence-electron chi connectivity index (χ0n) is 29.6. The predicted molar refractivity (Wildman–Crippen MR) is 234 cm³/mol. The van der Waals surface area contributed by atoms with Gasteiger partial charge in [0.2, 0.25) is 0 Å². The average Bonchev–Trinajstić information content (AvgIpc) is 3.23. The van der Waals surface area contributed by atoms with Gasteiger partial charge in [-0.25, -0.2) is 0 Å². The molecule has 9 aromatic rings. The molecule has 9 rings (SSSR count). The van der Waals surface area contributed by atoms with E-state index in [1.165, 1.54) is 81.2 Å². The fourth-order valence-electron chi connectivity index (χ4n) is 7.56. The Bertz CT molecular complexity index is 2570. The van der Waals surface area contributed by atoms with Crippen LogP contribution in [0.4, 0.5) is 0 Å². The van der Waals surface area contributed by atoms with Gasteiger partial charge in [0.05, 0.1) is 0 Å². The van der Waals surface area contributed by atoms with Crippen LogP contribution in [0.2, 0.25) is 0 Å². The van der Waals surface area contributed by atoms with Crippen LogP contribution < -0.4 is 31.8 Å². The molecule has 0 atom stereocenters. The third kappa shape index (κ3) is 6.51. The first-order valence-corrected chi connectivity index (χ1v) is 20.9. The molecule has 0 radical (unpaired) electrons. The van der Waals surface area contributed by atoms with Crippen molar-refractivity contribution in [3.8, 4) is 22.3 Å². The molecule has 0 N–H and O–H groups in total. The van der Waals surface area contributed by atoms with E-state index in [4.69, 9.17) is 0 Å². The molecule has 0 spiro atoms. The molecule has 0 saturated heterocycles. The van der Waals surface area contributed by atoms with Crippen LogP contribution in [0.15, 0.2) is 212 Å². The maximum absolute atomic E-state index is 2.45. The lowest BCUT2D eigenvalue weighted by Crippen LogP contribution is -2.26. The smallest absolute Gasteiger partial charge is 0.000883 e. The number of aryl methyl sites for hydroxylation is 1. The van der Waals surface area contributed by atoms with Gasteiger partial charge < -0.3 is 0 Å². The molecular formula is C51H38P2. The molecular weight excluding hydrogens is 675 g/mol. The van der Waals surface area contributed by atoms with E-state index in [9.17, 15) is 0 Å². The highest BCUT2D eigenvalue weighted by atomic mass is 31.1. The largest absolute Gasteiger partial charge is 0.0622 e. The normalized spacial score (nSPS) is 11.5. The fraction of sp³-hybridized carbons (Fsp3) is 0.0196. The number of fused-ring (bicyclic) bond motifs is 2. The highest BCUT2D eigenvalue weighted by molar-refractivity contribution is 7.80. The molecule has 0 unspecified atom stereocenters. The summed E-state index contributed by atoms with van der Waals surface area (Å²) in [4.78, 5) is 0. The van der Waals surface area contributed by atoms with Crippen LogP contribution in [0, 0.1) is 6.92 Å². The van der Waals surface area contributed by atoms with Crippen LogP contribution in [0.25, 0.3) is 43.8 Å². The van der Waals surface area contributed by atoms with Gasteiger partial charge in [-0.15, -0.1) is 0 Å². The van der Waals surface area contributed by atoms with E-state index in [0.717, 1.165) is 0 Å². The zero-order chi connectivity index (χ0) is 35.6. The minimum absolute atomic E-state index is 0.897. The Kier molecular flexibility index (Phi) is 9.26. The maximum atomic E-state index is 2.45. The van der Waals surface area contributed by atoms with Crippen molar-refractivity contribution in [2.24, 2.45) is 0 Å². The summed E-state index contributed by atoms with van der Waals surface area (Å²) < 4.78 is 0. The standard InChI is InChI=1S/C51H38P2/c1-37-26-28-38(29-27-37)40-30-33-47-41(36-40)32-35-49(53(44-21-10-4-11-22-44)45-23-12-5-13-24-45)51(47)50-46-25-15-14-16-39(46)31-34-48(50)52(42-17-6-2-7-18-42)43-19-8-3-9-20-43/h2-36H,1H3. The maximum Gasteiger partial charge on any atom is -0.000883 e. The van der Waals surface area contributed by atoms with E-state index in [-0.39, 0.29) is 0 Å². The molecule has 9 aromatic carbocycles. The minimum Gasteiger partial charge on any atom is -0.0622 e. The van der Waals surface area contributed by atoms with E-state index < -0.39 is 15.8 Å². The summed E-state index contributed by atoms with van der Waals surface area (Å²) in [6.07, 6.45) is 0. The van der Waals surface area contributed by atoms with Crippen molar-refractivity contribution in [3.05, 3.63) is 218 Å². The fourth-order valence-corrected chi connectivity index (χ4v) is 12.5. The van der Waals surface area contributed by atoms with Gasteiger partial charge in [0.25, 0.3) is 0 Å². The Morgan fingerprint density at radius 3 is 1.19 bits per heavy atom. The zero-order valence-corrected chi connectivity index (χ0v) is 31.4. The van der Waals surface area contributed by atoms with Gasteiger partial charge in [0, 0.05) is 0 Å². The van der Waals surface area contributed by atoms with Crippen LogP contribution in [0.3, 0.4) is 0 Å². The summed E-state index contributed by atoms with van der Waals surface area (Å²) in [7, 11) is -1.80. The molecule has 0 nitrogen and oxygen atoms in total. The van der Waals surface area contributed by atoms with Gasteiger partial charge in [-0.1, -0.05) is 212 Å². The van der Waals surface area contributed by atoms with Crippen LogP contribution in [-0.4, -0.2) is 0 Å².